The fourth-order valence-corrected chi connectivity index (χ4v) is 6.26. The summed E-state index contributed by atoms with van der Waals surface area (Å²) >= 11 is 0. The van der Waals surface area contributed by atoms with Gasteiger partial charge in [0.25, 0.3) is 0 Å². The standard InChI is InChI=1S/C25H35N3O3/c1-2-31-24(29)25-9-6-22(28-12-14-30-15-13-28)16-21(25)8-11-27(18-25)17-20-5-3-4-19-7-10-26-23(19)20/h3-5,7,10,21-22,26H,2,6,8-9,11-18H2,1H3/t21-,22+,25-/m1/s1. The number of nitrogens with zero attached hydrogens (tertiary/aromatic N) is 2. The number of para-hydroxylation sites is 1. The minimum Gasteiger partial charge on any atom is -0.466 e. The molecule has 3 atom stereocenters. The summed E-state index contributed by atoms with van der Waals surface area (Å²) in [5.74, 6) is 0.439. The summed E-state index contributed by atoms with van der Waals surface area (Å²) in [6, 6.07) is 9.19. The van der Waals surface area contributed by atoms with Crippen LogP contribution in [0.1, 0.15) is 38.2 Å². The van der Waals surface area contributed by atoms with Gasteiger partial charge in [-0.2, -0.15) is 0 Å². The molecule has 5 rings (SSSR count). The van der Waals surface area contributed by atoms with Crippen LogP contribution in [0.2, 0.25) is 0 Å². The molecule has 6 heteroatoms. The van der Waals surface area contributed by atoms with Crippen molar-refractivity contribution in [1.82, 2.24) is 14.8 Å². The number of hydrogen-bond donors (Lipinski definition) is 1. The Kier molecular flexibility index (Phi) is 6.04. The van der Waals surface area contributed by atoms with E-state index in [1.165, 1.54) is 16.5 Å². The van der Waals surface area contributed by atoms with Crippen LogP contribution in [0.15, 0.2) is 30.5 Å². The SMILES string of the molecule is CCOC(=O)[C@@]12CC[C@H](N3CCOCC3)C[C@H]1CCN(Cc1cccc3cc[nH]c13)C2. The van der Waals surface area contributed by atoms with Gasteiger partial charge in [-0.05, 0) is 62.1 Å². The lowest BCUT2D eigenvalue weighted by atomic mass is 9.61. The number of rotatable bonds is 5. The molecule has 2 saturated heterocycles. The Balaban J connectivity index is 1.34. The first kappa shape index (κ1) is 21.0. The number of morpholine rings is 1. The fourth-order valence-electron chi connectivity index (χ4n) is 6.26. The maximum absolute atomic E-state index is 13.3. The average Bonchev–Trinajstić information content (AvgIpc) is 3.29. The fraction of sp³-hybridized carbons (Fsp3) is 0.640. The number of fused-ring (bicyclic) bond motifs is 2. The van der Waals surface area contributed by atoms with Gasteiger partial charge in [0.2, 0.25) is 0 Å². The molecule has 0 spiro atoms. The molecule has 168 valence electrons. The molecule has 6 nitrogen and oxygen atoms in total. The van der Waals surface area contributed by atoms with E-state index in [1.54, 1.807) is 0 Å². The Bertz CT molecular complexity index is 906. The molecule has 0 bridgehead atoms. The van der Waals surface area contributed by atoms with Crippen molar-refractivity contribution < 1.29 is 14.3 Å². The predicted molar refractivity (Wildman–Crippen MR) is 121 cm³/mol. The van der Waals surface area contributed by atoms with E-state index in [4.69, 9.17) is 9.47 Å². The maximum Gasteiger partial charge on any atom is 0.313 e. The molecule has 1 aromatic carbocycles. The molecule has 1 saturated carbocycles. The monoisotopic (exact) mass is 425 g/mol. The summed E-state index contributed by atoms with van der Waals surface area (Å²) in [6.07, 6.45) is 6.20. The van der Waals surface area contributed by atoms with Crippen molar-refractivity contribution in [3.8, 4) is 0 Å². The second kappa shape index (κ2) is 8.93. The van der Waals surface area contributed by atoms with Crippen molar-refractivity contribution >= 4 is 16.9 Å². The molecule has 1 aliphatic carbocycles. The highest BCUT2D eigenvalue weighted by Crippen LogP contribution is 2.48. The van der Waals surface area contributed by atoms with E-state index in [-0.39, 0.29) is 11.4 Å². The number of esters is 1. The number of carbonyl (C=O) groups excluding carboxylic acids is 1. The molecule has 31 heavy (non-hydrogen) atoms. The van der Waals surface area contributed by atoms with Gasteiger partial charge >= 0.3 is 5.97 Å². The molecule has 1 aromatic heterocycles. The highest BCUT2D eigenvalue weighted by molar-refractivity contribution is 5.82. The van der Waals surface area contributed by atoms with Gasteiger partial charge in [-0.1, -0.05) is 18.2 Å². The summed E-state index contributed by atoms with van der Waals surface area (Å²) in [4.78, 5) is 21.8. The van der Waals surface area contributed by atoms with Crippen LogP contribution in [0, 0.1) is 11.3 Å². The Labute approximate surface area is 184 Å². The molecule has 0 amide bonds. The van der Waals surface area contributed by atoms with Crippen molar-refractivity contribution in [2.24, 2.45) is 11.3 Å². The van der Waals surface area contributed by atoms with Crippen molar-refractivity contribution in [1.29, 1.82) is 0 Å². The number of nitrogens with one attached hydrogen (secondary N) is 1. The predicted octanol–water partition coefficient (Wildman–Crippen LogP) is 3.42. The number of piperidine rings is 1. The number of likely N-dealkylation sites (tertiary alicyclic amines) is 1. The molecule has 0 unspecified atom stereocenters. The van der Waals surface area contributed by atoms with E-state index < -0.39 is 0 Å². The highest BCUT2D eigenvalue weighted by atomic mass is 16.5. The Hall–Kier alpha value is -1.89. The molecule has 3 fully saturated rings. The largest absolute Gasteiger partial charge is 0.466 e. The Morgan fingerprint density at radius 3 is 2.94 bits per heavy atom. The molecular formula is C25H35N3O3. The molecule has 3 aliphatic rings. The van der Waals surface area contributed by atoms with Gasteiger partial charge in [-0.25, -0.2) is 0 Å². The Morgan fingerprint density at radius 2 is 2.10 bits per heavy atom. The third-order valence-electron chi connectivity index (χ3n) is 7.87. The number of H-pyrrole nitrogens is 1. The minimum atomic E-state index is -0.360. The summed E-state index contributed by atoms with van der Waals surface area (Å²) in [5, 5.41) is 1.25. The Morgan fingerprint density at radius 1 is 1.23 bits per heavy atom. The van der Waals surface area contributed by atoms with Gasteiger partial charge in [0.15, 0.2) is 0 Å². The van der Waals surface area contributed by atoms with Gasteiger partial charge in [0.05, 0.1) is 25.2 Å². The third kappa shape index (κ3) is 4.01. The lowest BCUT2D eigenvalue weighted by Gasteiger charge is -2.52. The molecule has 2 aromatic rings. The number of carbonyl (C=O) groups is 1. The lowest BCUT2D eigenvalue weighted by Crippen LogP contribution is -2.58. The second-order valence-electron chi connectivity index (χ2n) is 9.51. The van der Waals surface area contributed by atoms with Gasteiger partial charge in [0.1, 0.15) is 0 Å². The van der Waals surface area contributed by atoms with Crippen molar-refractivity contribution in [2.75, 3.05) is 46.0 Å². The van der Waals surface area contributed by atoms with Crippen LogP contribution in [0.5, 0.6) is 0 Å². The second-order valence-corrected chi connectivity index (χ2v) is 9.51. The quantitative estimate of drug-likeness (QED) is 0.744. The van der Waals surface area contributed by atoms with Crippen molar-refractivity contribution in [3.63, 3.8) is 0 Å². The van der Waals surface area contributed by atoms with E-state index >= 15 is 0 Å². The van der Waals surface area contributed by atoms with Crippen LogP contribution in [0.25, 0.3) is 10.9 Å². The number of ether oxygens (including phenoxy) is 2. The van der Waals surface area contributed by atoms with Crippen molar-refractivity contribution in [2.45, 2.75) is 45.2 Å². The topological polar surface area (TPSA) is 57.8 Å². The van der Waals surface area contributed by atoms with Gasteiger partial charge in [-0.15, -0.1) is 0 Å². The zero-order valence-corrected chi connectivity index (χ0v) is 18.6. The summed E-state index contributed by atoms with van der Waals surface area (Å²) in [7, 11) is 0. The number of benzene rings is 1. The number of hydrogen-bond acceptors (Lipinski definition) is 5. The van der Waals surface area contributed by atoms with Crippen LogP contribution < -0.4 is 0 Å². The van der Waals surface area contributed by atoms with Gasteiger partial charge in [-0.3, -0.25) is 14.6 Å². The van der Waals surface area contributed by atoms with Gasteiger partial charge in [0, 0.05) is 43.9 Å². The summed E-state index contributed by atoms with van der Waals surface area (Å²) < 4.78 is 11.2. The van der Waals surface area contributed by atoms with Crippen LogP contribution in [-0.2, 0) is 20.8 Å². The lowest BCUT2D eigenvalue weighted by molar-refractivity contribution is -0.170. The van der Waals surface area contributed by atoms with Crippen LogP contribution in [-0.4, -0.2) is 72.8 Å². The normalized spacial score (nSPS) is 30.2. The molecule has 1 N–H and O–H groups in total. The van der Waals surface area contributed by atoms with E-state index in [9.17, 15) is 4.79 Å². The minimum absolute atomic E-state index is 0.0307. The zero-order chi connectivity index (χ0) is 21.3. The van der Waals surface area contributed by atoms with Crippen LogP contribution in [0.4, 0.5) is 0 Å². The van der Waals surface area contributed by atoms with E-state index in [1.807, 2.05) is 13.1 Å². The average molecular weight is 426 g/mol. The smallest absolute Gasteiger partial charge is 0.313 e. The van der Waals surface area contributed by atoms with Gasteiger partial charge < -0.3 is 14.5 Å². The van der Waals surface area contributed by atoms with E-state index in [2.05, 4.69) is 39.0 Å². The van der Waals surface area contributed by atoms with E-state index in [0.29, 0.717) is 18.6 Å². The van der Waals surface area contributed by atoms with E-state index in [0.717, 1.165) is 71.6 Å². The summed E-state index contributed by atoms with van der Waals surface area (Å²) in [6.45, 7) is 8.83. The molecule has 0 radical (unpaired) electrons. The van der Waals surface area contributed by atoms with Crippen molar-refractivity contribution in [3.05, 3.63) is 36.0 Å². The summed E-state index contributed by atoms with van der Waals surface area (Å²) in [5.41, 5.74) is 2.16. The van der Waals surface area contributed by atoms with Crippen LogP contribution in [0.3, 0.4) is 0 Å². The first-order chi connectivity index (χ1) is 15.2. The molecule has 2 aliphatic heterocycles. The highest BCUT2D eigenvalue weighted by Gasteiger charge is 2.53. The van der Waals surface area contributed by atoms with Crippen LogP contribution >= 0.6 is 0 Å². The molecular weight excluding hydrogens is 390 g/mol. The maximum atomic E-state index is 13.3. The number of aromatic nitrogens is 1. The third-order valence-corrected chi connectivity index (χ3v) is 7.87. The first-order valence-electron chi connectivity index (χ1n) is 12.0. The first-order valence-corrected chi connectivity index (χ1v) is 12.0. The molecule has 3 heterocycles. The number of aromatic amines is 1. The zero-order valence-electron chi connectivity index (χ0n) is 18.6.